The molecule has 0 saturated carbocycles. The van der Waals surface area contributed by atoms with Crippen molar-refractivity contribution in [3.8, 4) is 0 Å². The molecule has 1 amide bonds. The molecule has 2 aliphatic rings. The Labute approximate surface area is 126 Å². The molecule has 2 saturated heterocycles. The number of carbonyl (C=O) groups excluding carboxylic acids is 1. The molecule has 0 bridgehead atoms. The van der Waals surface area contributed by atoms with Gasteiger partial charge in [-0.05, 0) is 57.5 Å². The average molecular weight is 287 g/mol. The first-order valence-corrected chi connectivity index (χ1v) is 8.07. The van der Waals surface area contributed by atoms with Gasteiger partial charge in [0.05, 0.1) is 0 Å². The molecule has 0 spiro atoms. The van der Waals surface area contributed by atoms with E-state index in [1.165, 1.54) is 19.4 Å². The zero-order valence-electron chi connectivity index (χ0n) is 12.8. The molecule has 2 heterocycles. The first kappa shape index (κ1) is 14.5. The highest BCUT2D eigenvalue weighted by Crippen LogP contribution is 2.28. The van der Waals surface area contributed by atoms with Crippen LogP contribution in [0.3, 0.4) is 0 Å². The van der Waals surface area contributed by atoms with Crippen molar-refractivity contribution < 1.29 is 4.79 Å². The lowest BCUT2D eigenvalue weighted by Gasteiger charge is -2.22. The second kappa shape index (κ2) is 6.58. The number of fused-ring (bicyclic) bond motifs is 1. The van der Waals surface area contributed by atoms with Crippen molar-refractivity contribution in [3.63, 3.8) is 0 Å². The van der Waals surface area contributed by atoms with Gasteiger partial charge in [0.2, 0.25) is 0 Å². The number of benzene rings is 1. The Balaban J connectivity index is 1.68. The van der Waals surface area contributed by atoms with Gasteiger partial charge in [-0.25, -0.2) is 0 Å². The van der Waals surface area contributed by atoms with Crippen molar-refractivity contribution in [2.45, 2.75) is 37.8 Å². The van der Waals surface area contributed by atoms with Crippen LogP contribution < -0.4 is 10.6 Å². The standard InChI is InChI=1S/C17H25N3O/c1-18-10-8-13-5-2-3-6-14(13)17(21)19-15-9-12-20-11-4-7-16(15)20/h2-3,5-6,15-16,18H,4,7-12H2,1H3,(H,19,21). The lowest BCUT2D eigenvalue weighted by Crippen LogP contribution is -2.42. The van der Waals surface area contributed by atoms with Crippen molar-refractivity contribution in [3.05, 3.63) is 35.4 Å². The van der Waals surface area contributed by atoms with Crippen LogP contribution in [0.2, 0.25) is 0 Å². The zero-order valence-corrected chi connectivity index (χ0v) is 12.8. The largest absolute Gasteiger partial charge is 0.348 e. The summed E-state index contributed by atoms with van der Waals surface area (Å²) >= 11 is 0. The molecule has 0 aliphatic carbocycles. The topological polar surface area (TPSA) is 44.4 Å². The number of hydrogen-bond donors (Lipinski definition) is 2. The molecule has 2 N–H and O–H groups in total. The predicted octanol–water partition coefficient (Wildman–Crippen LogP) is 1.42. The second-order valence-corrected chi connectivity index (χ2v) is 6.12. The number of hydrogen-bond acceptors (Lipinski definition) is 3. The molecule has 2 atom stereocenters. The third kappa shape index (κ3) is 3.11. The first-order valence-electron chi connectivity index (χ1n) is 8.07. The third-order valence-electron chi connectivity index (χ3n) is 4.83. The number of carbonyl (C=O) groups is 1. The number of nitrogens with zero attached hydrogens (tertiary/aromatic N) is 1. The van der Waals surface area contributed by atoms with E-state index in [9.17, 15) is 4.79 Å². The smallest absolute Gasteiger partial charge is 0.251 e. The van der Waals surface area contributed by atoms with Gasteiger partial charge in [0.1, 0.15) is 0 Å². The Hall–Kier alpha value is -1.39. The van der Waals surface area contributed by atoms with Gasteiger partial charge in [-0.15, -0.1) is 0 Å². The Morgan fingerprint density at radius 3 is 3.00 bits per heavy atom. The highest BCUT2D eigenvalue weighted by molar-refractivity contribution is 5.96. The van der Waals surface area contributed by atoms with Crippen molar-refractivity contribution in [2.24, 2.45) is 0 Å². The SMILES string of the molecule is CNCCc1ccccc1C(=O)NC1CCN2CCCC12. The fourth-order valence-electron chi connectivity index (χ4n) is 3.72. The minimum atomic E-state index is 0.0976. The number of amides is 1. The quantitative estimate of drug-likeness (QED) is 0.861. The minimum Gasteiger partial charge on any atom is -0.348 e. The minimum absolute atomic E-state index is 0.0976. The molecule has 2 unspecified atom stereocenters. The first-order chi connectivity index (χ1) is 10.3. The molecule has 21 heavy (non-hydrogen) atoms. The molecule has 3 rings (SSSR count). The van der Waals surface area contributed by atoms with E-state index < -0.39 is 0 Å². The number of rotatable bonds is 5. The molecule has 2 aliphatic heterocycles. The summed E-state index contributed by atoms with van der Waals surface area (Å²) in [4.78, 5) is 15.1. The Morgan fingerprint density at radius 2 is 2.14 bits per heavy atom. The average Bonchev–Trinajstić information content (AvgIpc) is 3.10. The van der Waals surface area contributed by atoms with E-state index in [2.05, 4.69) is 21.6 Å². The molecule has 4 nitrogen and oxygen atoms in total. The van der Waals surface area contributed by atoms with Gasteiger partial charge in [-0.1, -0.05) is 18.2 Å². The van der Waals surface area contributed by atoms with E-state index in [0.717, 1.165) is 37.1 Å². The van der Waals surface area contributed by atoms with Crippen LogP contribution in [-0.2, 0) is 6.42 Å². The lowest BCUT2D eigenvalue weighted by molar-refractivity contribution is 0.0928. The van der Waals surface area contributed by atoms with Gasteiger partial charge in [0.25, 0.3) is 5.91 Å². The summed E-state index contributed by atoms with van der Waals surface area (Å²) < 4.78 is 0. The van der Waals surface area contributed by atoms with Gasteiger partial charge >= 0.3 is 0 Å². The van der Waals surface area contributed by atoms with Gasteiger partial charge in [0, 0.05) is 24.2 Å². The molecule has 1 aromatic rings. The normalized spacial score (nSPS) is 25.0. The van der Waals surface area contributed by atoms with Crippen LogP contribution in [0, 0.1) is 0 Å². The van der Waals surface area contributed by atoms with E-state index in [4.69, 9.17) is 0 Å². The molecular weight excluding hydrogens is 262 g/mol. The van der Waals surface area contributed by atoms with Crippen LogP contribution in [0.1, 0.15) is 35.2 Å². The van der Waals surface area contributed by atoms with Crippen LogP contribution in [-0.4, -0.2) is 49.6 Å². The van der Waals surface area contributed by atoms with Gasteiger partial charge in [-0.3, -0.25) is 9.69 Å². The summed E-state index contributed by atoms with van der Waals surface area (Å²) in [6.45, 7) is 3.23. The zero-order chi connectivity index (χ0) is 14.7. The Kier molecular flexibility index (Phi) is 4.56. The van der Waals surface area contributed by atoms with E-state index in [1.54, 1.807) is 0 Å². The molecule has 114 valence electrons. The maximum Gasteiger partial charge on any atom is 0.251 e. The number of nitrogens with one attached hydrogen (secondary N) is 2. The van der Waals surface area contributed by atoms with Crippen molar-refractivity contribution in [2.75, 3.05) is 26.7 Å². The van der Waals surface area contributed by atoms with Gasteiger partial charge in [-0.2, -0.15) is 0 Å². The van der Waals surface area contributed by atoms with E-state index in [0.29, 0.717) is 12.1 Å². The highest BCUT2D eigenvalue weighted by atomic mass is 16.1. The number of likely N-dealkylation sites (N-methyl/N-ethyl adjacent to an activating group) is 1. The van der Waals surface area contributed by atoms with E-state index in [1.807, 2.05) is 25.2 Å². The Morgan fingerprint density at radius 1 is 1.29 bits per heavy atom. The van der Waals surface area contributed by atoms with Crippen LogP contribution in [0.5, 0.6) is 0 Å². The third-order valence-corrected chi connectivity index (χ3v) is 4.83. The molecule has 2 fully saturated rings. The van der Waals surface area contributed by atoms with Gasteiger partial charge in [0.15, 0.2) is 0 Å². The summed E-state index contributed by atoms with van der Waals surface area (Å²) in [5.41, 5.74) is 1.97. The van der Waals surface area contributed by atoms with Crippen LogP contribution >= 0.6 is 0 Å². The molecule has 4 heteroatoms. The van der Waals surface area contributed by atoms with Crippen molar-refractivity contribution in [1.82, 2.24) is 15.5 Å². The van der Waals surface area contributed by atoms with Crippen LogP contribution in [0.4, 0.5) is 0 Å². The lowest BCUT2D eigenvalue weighted by atomic mass is 10.0. The molecule has 0 radical (unpaired) electrons. The van der Waals surface area contributed by atoms with Crippen molar-refractivity contribution in [1.29, 1.82) is 0 Å². The fraction of sp³-hybridized carbons (Fsp3) is 0.588. The molecule has 0 aromatic heterocycles. The summed E-state index contributed by atoms with van der Waals surface area (Å²) in [5, 5.41) is 6.43. The predicted molar refractivity (Wildman–Crippen MR) is 84.5 cm³/mol. The monoisotopic (exact) mass is 287 g/mol. The van der Waals surface area contributed by atoms with Gasteiger partial charge < -0.3 is 10.6 Å². The summed E-state index contributed by atoms with van der Waals surface area (Å²) in [7, 11) is 1.94. The summed E-state index contributed by atoms with van der Waals surface area (Å²) in [5.74, 6) is 0.0976. The summed E-state index contributed by atoms with van der Waals surface area (Å²) in [6.07, 6.45) is 4.48. The second-order valence-electron chi connectivity index (χ2n) is 6.12. The highest BCUT2D eigenvalue weighted by Gasteiger charge is 2.37. The van der Waals surface area contributed by atoms with Crippen LogP contribution in [0.15, 0.2) is 24.3 Å². The van der Waals surface area contributed by atoms with E-state index >= 15 is 0 Å². The fourth-order valence-corrected chi connectivity index (χ4v) is 3.72. The van der Waals surface area contributed by atoms with Crippen molar-refractivity contribution >= 4 is 5.91 Å². The summed E-state index contributed by atoms with van der Waals surface area (Å²) in [6, 6.07) is 8.87. The molecular formula is C17H25N3O. The Bertz CT molecular complexity index is 503. The maximum atomic E-state index is 12.6. The van der Waals surface area contributed by atoms with E-state index in [-0.39, 0.29) is 5.91 Å². The molecule has 1 aromatic carbocycles. The maximum absolute atomic E-state index is 12.6. The van der Waals surface area contributed by atoms with Crippen LogP contribution in [0.25, 0.3) is 0 Å².